The molecule has 4 rings (SSSR count). The molecule has 0 aliphatic carbocycles. The van der Waals surface area contributed by atoms with Crippen LogP contribution in [0.3, 0.4) is 0 Å². The van der Waals surface area contributed by atoms with Crippen LogP contribution in [0.25, 0.3) is 0 Å². The molecule has 0 aliphatic rings. The highest BCUT2D eigenvalue weighted by atomic mass is 32.1. The lowest BCUT2D eigenvalue weighted by atomic mass is 10.2. The second-order valence-electron chi connectivity index (χ2n) is 7.79. The van der Waals surface area contributed by atoms with Crippen molar-refractivity contribution < 1.29 is 23.5 Å². The van der Waals surface area contributed by atoms with Gasteiger partial charge in [-0.2, -0.15) is 0 Å². The van der Waals surface area contributed by atoms with Gasteiger partial charge in [0.05, 0.1) is 12.8 Å². The molecule has 0 saturated heterocycles. The molecule has 2 amide bonds. The Morgan fingerprint density at radius 1 is 0.757 bits per heavy atom. The van der Waals surface area contributed by atoms with Crippen molar-refractivity contribution in [1.82, 2.24) is 10.6 Å². The van der Waals surface area contributed by atoms with Crippen LogP contribution in [-0.4, -0.2) is 30.1 Å². The Hall–Kier alpha value is -4.63. The van der Waals surface area contributed by atoms with E-state index in [-0.39, 0.29) is 17.6 Å². The summed E-state index contributed by atoms with van der Waals surface area (Å²) in [6.07, 6.45) is 1.55. The van der Waals surface area contributed by atoms with Gasteiger partial charge in [-0.15, -0.1) is 0 Å². The quantitative estimate of drug-likeness (QED) is 0.206. The van der Waals surface area contributed by atoms with Gasteiger partial charge in [0.15, 0.2) is 5.11 Å². The highest BCUT2D eigenvalue weighted by Crippen LogP contribution is 2.15. The van der Waals surface area contributed by atoms with Gasteiger partial charge in [0.25, 0.3) is 11.8 Å². The molecular weight excluding hydrogens is 490 g/mol. The summed E-state index contributed by atoms with van der Waals surface area (Å²) in [5.41, 5.74) is 1.38. The zero-order valence-electron chi connectivity index (χ0n) is 19.8. The minimum Gasteiger partial charge on any atom is -0.490 e. The minimum atomic E-state index is -0.393. The fourth-order valence-corrected chi connectivity index (χ4v) is 3.53. The highest BCUT2D eigenvalue weighted by Gasteiger charge is 2.11. The Balaban J connectivity index is 1.25. The molecule has 0 bridgehead atoms. The number of hydrogen-bond acceptors (Lipinski definition) is 6. The van der Waals surface area contributed by atoms with Gasteiger partial charge in [0, 0.05) is 16.8 Å². The number of carbonyl (C=O) groups excluding carboxylic acids is 2. The molecule has 0 radical (unpaired) electrons. The van der Waals surface area contributed by atoms with Crippen molar-refractivity contribution in [2.75, 3.05) is 18.5 Å². The Morgan fingerprint density at radius 3 is 2.22 bits per heavy atom. The average molecular weight is 516 g/mol. The molecule has 0 atom stereocenters. The monoisotopic (exact) mass is 515 g/mol. The van der Waals surface area contributed by atoms with Gasteiger partial charge in [0.1, 0.15) is 30.5 Å². The van der Waals surface area contributed by atoms with Crippen LogP contribution in [0.4, 0.5) is 5.69 Å². The molecule has 188 valence electrons. The van der Waals surface area contributed by atoms with Gasteiger partial charge in [-0.3, -0.25) is 14.9 Å². The van der Waals surface area contributed by atoms with Gasteiger partial charge in [-0.1, -0.05) is 30.3 Å². The van der Waals surface area contributed by atoms with Crippen molar-refractivity contribution in [3.05, 3.63) is 114 Å². The average Bonchev–Trinajstić information content (AvgIpc) is 3.44. The summed E-state index contributed by atoms with van der Waals surface area (Å²) >= 11 is 5.29. The maximum atomic E-state index is 12.7. The molecule has 8 nitrogen and oxygen atoms in total. The fraction of sp³-hybridized carbons (Fsp3) is 0.107. The molecule has 1 heterocycles. The molecule has 3 N–H and O–H groups in total. The van der Waals surface area contributed by atoms with Gasteiger partial charge in [-0.05, 0) is 72.9 Å². The fourth-order valence-electron chi connectivity index (χ4n) is 3.32. The Labute approximate surface area is 219 Å². The maximum Gasteiger partial charge on any atom is 0.257 e. The van der Waals surface area contributed by atoms with Crippen LogP contribution in [0.2, 0.25) is 0 Å². The van der Waals surface area contributed by atoms with E-state index in [9.17, 15) is 9.59 Å². The Morgan fingerprint density at radius 2 is 1.46 bits per heavy atom. The van der Waals surface area contributed by atoms with E-state index in [0.29, 0.717) is 41.5 Å². The number of thiocarbonyl (C=S) groups is 1. The van der Waals surface area contributed by atoms with Crippen molar-refractivity contribution >= 4 is 34.8 Å². The second kappa shape index (κ2) is 12.9. The number of para-hydroxylation sites is 1. The number of ether oxygens (including phenoxy) is 2. The van der Waals surface area contributed by atoms with E-state index < -0.39 is 5.91 Å². The van der Waals surface area contributed by atoms with E-state index in [2.05, 4.69) is 16.0 Å². The number of anilines is 1. The third kappa shape index (κ3) is 7.94. The Bertz CT molecular complexity index is 1340. The first-order valence-electron chi connectivity index (χ1n) is 11.5. The van der Waals surface area contributed by atoms with E-state index in [1.807, 2.05) is 30.3 Å². The summed E-state index contributed by atoms with van der Waals surface area (Å²) in [7, 11) is 0. The second-order valence-corrected chi connectivity index (χ2v) is 8.20. The van der Waals surface area contributed by atoms with Gasteiger partial charge >= 0.3 is 0 Å². The summed E-state index contributed by atoms with van der Waals surface area (Å²) < 4.78 is 16.5. The normalized spacial score (nSPS) is 10.3. The van der Waals surface area contributed by atoms with Crippen molar-refractivity contribution in [2.24, 2.45) is 0 Å². The third-order valence-corrected chi connectivity index (χ3v) is 5.28. The minimum absolute atomic E-state index is 0.0979. The largest absolute Gasteiger partial charge is 0.490 e. The van der Waals surface area contributed by atoms with Crippen molar-refractivity contribution in [3.63, 3.8) is 0 Å². The van der Waals surface area contributed by atoms with Crippen LogP contribution in [0.5, 0.6) is 11.5 Å². The first-order valence-corrected chi connectivity index (χ1v) is 11.9. The lowest BCUT2D eigenvalue weighted by molar-refractivity contribution is 0.0946. The van der Waals surface area contributed by atoms with E-state index in [0.717, 1.165) is 5.75 Å². The lowest BCUT2D eigenvalue weighted by Gasteiger charge is -2.12. The standard InChI is InChI=1S/C28H25N3O5S/c32-26(29-19-25-13-6-14-34-25)20-7-4-9-22(17-20)30-28(37)31-27(33)21-8-5-12-24(18-21)36-16-15-35-23-10-2-1-3-11-23/h1-14,17-18H,15-16,19H2,(H,29,32)(H2,30,31,33,37). The zero-order valence-corrected chi connectivity index (χ0v) is 20.6. The number of hydrogen-bond donors (Lipinski definition) is 3. The number of nitrogens with one attached hydrogen (secondary N) is 3. The van der Waals surface area contributed by atoms with Crippen molar-refractivity contribution in [1.29, 1.82) is 0 Å². The molecule has 1 aromatic heterocycles. The summed E-state index contributed by atoms with van der Waals surface area (Å²) in [5.74, 6) is 1.30. The molecule has 0 fully saturated rings. The van der Waals surface area contributed by atoms with Crippen LogP contribution in [-0.2, 0) is 6.54 Å². The van der Waals surface area contributed by atoms with E-state index >= 15 is 0 Å². The first-order chi connectivity index (χ1) is 18.1. The molecule has 3 aromatic carbocycles. The predicted octanol–water partition coefficient (Wildman–Crippen LogP) is 4.79. The molecule has 0 spiro atoms. The van der Waals surface area contributed by atoms with E-state index in [4.69, 9.17) is 26.1 Å². The highest BCUT2D eigenvalue weighted by molar-refractivity contribution is 7.80. The SMILES string of the molecule is O=C(NCc1ccco1)c1cccc(NC(=S)NC(=O)c2cccc(OCCOc3ccccc3)c2)c1. The van der Waals surface area contributed by atoms with Crippen LogP contribution < -0.4 is 25.4 Å². The van der Waals surface area contributed by atoms with Gasteiger partial charge in [-0.25, -0.2) is 0 Å². The first kappa shape index (κ1) is 25.5. The van der Waals surface area contributed by atoms with Crippen LogP contribution >= 0.6 is 12.2 Å². The van der Waals surface area contributed by atoms with Crippen molar-refractivity contribution in [2.45, 2.75) is 6.54 Å². The lowest BCUT2D eigenvalue weighted by Crippen LogP contribution is -2.34. The molecule has 4 aromatic rings. The summed E-state index contributed by atoms with van der Waals surface area (Å²) in [6, 6.07) is 26.6. The molecule has 9 heteroatoms. The van der Waals surface area contributed by atoms with Crippen LogP contribution in [0.15, 0.2) is 102 Å². The van der Waals surface area contributed by atoms with E-state index in [1.54, 1.807) is 66.9 Å². The predicted molar refractivity (Wildman–Crippen MR) is 144 cm³/mol. The molecule has 0 saturated carbocycles. The molecule has 37 heavy (non-hydrogen) atoms. The zero-order chi connectivity index (χ0) is 25.9. The van der Waals surface area contributed by atoms with Gasteiger partial charge in [0.2, 0.25) is 0 Å². The summed E-state index contributed by atoms with van der Waals surface area (Å²) in [6.45, 7) is 0.973. The smallest absolute Gasteiger partial charge is 0.257 e. The Kier molecular flexibility index (Phi) is 8.87. The van der Waals surface area contributed by atoms with Gasteiger partial charge < -0.3 is 24.5 Å². The van der Waals surface area contributed by atoms with E-state index in [1.165, 1.54) is 0 Å². The maximum absolute atomic E-state index is 12.7. The van der Waals surface area contributed by atoms with Crippen LogP contribution in [0.1, 0.15) is 26.5 Å². The topological polar surface area (TPSA) is 102 Å². The number of carbonyl (C=O) groups is 2. The molecular formula is C28H25N3O5S. The molecule has 0 aliphatic heterocycles. The number of benzene rings is 3. The third-order valence-electron chi connectivity index (χ3n) is 5.07. The number of rotatable bonds is 10. The number of amides is 2. The number of furan rings is 1. The van der Waals surface area contributed by atoms with Crippen molar-refractivity contribution in [3.8, 4) is 11.5 Å². The van der Waals surface area contributed by atoms with Crippen LogP contribution in [0, 0.1) is 0 Å². The summed E-state index contributed by atoms with van der Waals surface area (Å²) in [5, 5.41) is 8.46. The molecule has 0 unspecified atom stereocenters. The summed E-state index contributed by atoms with van der Waals surface area (Å²) in [4.78, 5) is 25.1.